The fourth-order valence-corrected chi connectivity index (χ4v) is 4.91. The van der Waals surface area contributed by atoms with E-state index in [2.05, 4.69) is 23.1 Å². The minimum Gasteiger partial charge on any atom is -0.335 e. The Labute approximate surface area is 147 Å². The number of carbonyl (C=O) groups is 1. The normalized spacial score (nSPS) is 19.8. The van der Waals surface area contributed by atoms with Crippen LogP contribution in [0.3, 0.4) is 0 Å². The molecule has 3 nitrogen and oxygen atoms in total. The maximum atomic E-state index is 13.0. The van der Waals surface area contributed by atoms with Crippen LogP contribution in [0.1, 0.15) is 35.4 Å². The molecule has 4 rings (SSSR count). The average molecular weight is 340 g/mol. The maximum absolute atomic E-state index is 13.0. The first-order chi connectivity index (χ1) is 11.8. The van der Waals surface area contributed by atoms with Crippen LogP contribution in [0, 0.1) is 0 Å². The summed E-state index contributed by atoms with van der Waals surface area (Å²) >= 11 is 1.57. The van der Waals surface area contributed by atoms with Crippen LogP contribution in [0.2, 0.25) is 0 Å². The number of hydrogen-bond acceptors (Lipinski definition) is 3. The number of benzene rings is 1. The van der Waals surface area contributed by atoms with Gasteiger partial charge in [0.2, 0.25) is 0 Å². The summed E-state index contributed by atoms with van der Waals surface area (Å²) in [5, 5.41) is 2.03. The topological polar surface area (TPSA) is 23.6 Å². The third-order valence-electron chi connectivity index (χ3n) is 5.39. The second-order valence-electron chi connectivity index (χ2n) is 6.80. The van der Waals surface area contributed by atoms with E-state index in [0.29, 0.717) is 0 Å². The number of piperazine rings is 1. The number of rotatable bonds is 3. The molecule has 126 valence electrons. The Hall–Kier alpha value is -1.65. The van der Waals surface area contributed by atoms with Gasteiger partial charge in [0.1, 0.15) is 0 Å². The van der Waals surface area contributed by atoms with Gasteiger partial charge in [-0.05, 0) is 29.9 Å². The van der Waals surface area contributed by atoms with Gasteiger partial charge < -0.3 is 4.90 Å². The standard InChI is InChI=1S/C20H24N2OS/c23-20(19-18(10-15-24-19)16-6-2-1-3-7-16)22-13-11-21(12-14-22)17-8-4-5-9-17/h1-3,6-7,10,15,17H,4-5,8-9,11-14H2. The molecular weight excluding hydrogens is 316 g/mol. The number of nitrogens with zero attached hydrogens (tertiary/aromatic N) is 2. The van der Waals surface area contributed by atoms with Crippen LogP contribution in [-0.2, 0) is 0 Å². The van der Waals surface area contributed by atoms with Crippen LogP contribution >= 0.6 is 11.3 Å². The van der Waals surface area contributed by atoms with E-state index < -0.39 is 0 Å². The molecular formula is C20H24N2OS. The van der Waals surface area contributed by atoms with Gasteiger partial charge in [-0.1, -0.05) is 43.2 Å². The number of amides is 1. The fraction of sp³-hybridized carbons (Fsp3) is 0.450. The summed E-state index contributed by atoms with van der Waals surface area (Å²) < 4.78 is 0. The maximum Gasteiger partial charge on any atom is 0.264 e. The lowest BCUT2D eigenvalue weighted by atomic mass is 10.1. The van der Waals surface area contributed by atoms with Gasteiger partial charge in [0.05, 0.1) is 4.88 Å². The molecule has 0 radical (unpaired) electrons. The zero-order chi connectivity index (χ0) is 16.4. The summed E-state index contributed by atoms with van der Waals surface area (Å²) in [6.07, 6.45) is 5.44. The molecule has 0 spiro atoms. The van der Waals surface area contributed by atoms with Gasteiger partial charge in [0, 0.05) is 37.8 Å². The first-order valence-corrected chi connectivity index (χ1v) is 9.87. The van der Waals surface area contributed by atoms with Gasteiger partial charge in [0.15, 0.2) is 0 Å². The van der Waals surface area contributed by atoms with Crippen LogP contribution in [-0.4, -0.2) is 47.9 Å². The molecule has 1 amide bonds. The Bertz CT molecular complexity index is 683. The summed E-state index contributed by atoms with van der Waals surface area (Å²) in [7, 11) is 0. The van der Waals surface area contributed by atoms with Gasteiger partial charge >= 0.3 is 0 Å². The van der Waals surface area contributed by atoms with E-state index in [4.69, 9.17) is 0 Å². The summed E-state index contributed by atoms with van der Waals surface area (Å²) in [6, 6.07) is 13.1. The molecule has 1 saturated carbocycles. The SMILES string of the molecule is O=C(c1sccc1-c1ccccc1)N1CCN(C2CCCC2)CC1. The molecule has 2 aromatic rings. The summed E-state index contributed by atoms with van der Waals surface area (Å²) in [5.41, 5.74) is 2.20. The summed E-state index contributed by atoms with van der Waals surface area (Å²) in [4.78, 5) is 18.5. The minimum atomic E-state index is 0.204. The highest BCUT2D eigenvalue weighted by molar-refractivity contribution is 7.12. The van der Waals surface area contributed by atoms with Crippen LogP contribution in [0.5, 0.6) is 0 Å². The average Bonchev–Trinajstić information content (AvgIpc) is 3.34. The first kappa shape index (κ1) is 15.9. The van der Waals surface area contributed by atoms with Gasteiger partial charge in [-0.2, -0.15) is 0 Å². The van der Waals surface area contributed by atoms with Crippen molar-refractivity contribution < 1.29 is 4.79 Å². The molecule has 0 bridgehead atoms. The smallest absolute Gasteiger partial charge is 0.264 e. The third-order valence-corrected chi connectivity index (χ3v) is 6.29. The lowest BCUT2D eigenvalue weighted by molar-refractivity contribution is 0.0578. The molecule has 0 atom stereocenters. The molecule has 1 saturated heterocycles. The van der Waals surface area contributed by atoms with Crippen molar-refractivity contribution in [3.8, 4) is 11.1 Å². The predicted molar refractivity (Wildman–Crippen MR) is 99.5 cm³/mol. The third kappa shape index (κ3) is 3.13. The Balaban J connectivity index is 1.45. The highest BCUT2D eigenvalue weighted by atomic mass is 32.1. The van der Waals surface area contributed by atoms with Crippen LogP contribution in [0.4, 0.5) is 0 Å². The number of thiophene rings is 1. The fourth-order valence-electron chi connectivity index (χ4n) is 4.02. The van der Waals surface area contributed by atoms with Crippen LogP contribution < -0.4 is 0 Å². The molecule has 2 heterocycles. The van der Waals surface area contributed by atoms with Crippen molar-refractivity contribution in [1.29, 1.82) is 0 Å². The molecule has 0 unspecified atom stereocenters. The zero-order valence-corrected chi connectivity index (χ0v) is 14.8. The quantitative estimate of drug-likeness (QED) is 0.839. The van der Waals surface area contributed by atoms with Gasteiger partial charge in [-0.25, -0.2) is 0 Å². The second kappa shape index (κ2) is 7.08. The van der Waals surface area contributed by atoms with E-state index in [-0.39, 0.29) is 5.91 Å². The predicted octanol–water partition coefficient (Wildman–Crippen LogP) is 4.12. The molecule has 24 heavy (non-hydrogen) atoms. The Morgan fingerprint density at radius 3 is 2.38 bits per heavy atom. The van der Waals surface area contributed by atoms with Gasteiger partial charge in [0.25, 0.3) is 5.91 Å². The molecule has 4 heteroatoms. The van der Waals surface area contributed by atoms with Crippen molar-refractivity contribution in [1.82, 2.24) is 9.80 Å². The first-order valence-electron chi connectivity index (χ1n) is 8.99. The Morgan fingerprint density at radius 2 is 1.67 bits per heavy atom. The molecule has 0 N–H and O–H groups in total. The lowest BCUT2D eigenvalue weighted by Gasteiger charge is -2.38. The molecule has 1 aromatic heterocycles. The molecule has 1 aliphatic carbocycles. The van der Waals surface area contributed by atoms with Crippen molar-refractivity contribution in [3.63, 3.8) is 0 Å². The van der Waals surface area contributed by atoms with E-state index in [1.165, 1.54) is 25.7 Å². The molecule has 2 aliphatic rings. The largest absolute Gasteiger partial charge is 0.335 e. The van der Waals surface area contributed by atoms with Crippen molar-refractivity contribution in [2.24, 2.45) is 0 Å². The van der Waals surface area contributed by atoms with Crippen molar-refractivity contribution in [2.45, 2.75) is 31.7 Å². The Kier molecular flexibility index (Phi) is 4.67. The monoisotopic (exact) mass is 340 g/mol. The number of hydrogen-bond donors (Lipinski definition) is 0. The van der Waals surface area contributed by atoms with Crippen molar-refractivity contribution in [2.75, 3.05) is 26.2 Å². The number of carbonyl (C=O) groups excluding carboxylic acids is 1. The van der Waals surface area contributed by atoms with E-state index in [1.54, 1.807) is 11.3 Å². The van der Waals surface area contributed by atoms with Gasteiger partial charge in [-0.3, -0.25) is 9.69 Å². The highest BCUT2D eigenvalue weighted by Gasteiger charge is 2.29. The highest BCUT2D eigenvalue weighted by Crippen LogP contribution is 2.30. The van der Waals surface area contributed by atoms with Crippen LogP contribution in [0.15, 0.2) is 41.8 Å². The van der Waals surface area contributed by atoms with E-state index in [9.17, 15) is 4.79 Å². The van der Waals surface area contributed by atoms with E-state index >= 15 is 0 Å². The van der Waals surface area contributed by atoms with E-state index in [0.717, 1.165) is 48.2 Å². The molecule has 1 aliphatic heterocycles. The van der Waals surface area contributed by atoms with Gasteiger partial charge in [-0.15, -0.1) is 11.3 Å². The second-order valence-corrected chi connectivity index (χ2v) is 7.71. The van der Waals surface area contributed by atoms with Crippen molar-refractivity contribution >= 4 is 17.2 Å². The van der Waals surface area contributed by atoms with Crippen molar-refractivity contribution in [3.05, 3.63) is 46.7 Å². The molecule has 1 aromatic carbocycles. The molecule has 2 fully saturated rings. The van der Waals surface area contributed by atoms with Crippen LogP contribution in [0.25, 0.3) is 11.1 Å². The zero-order valence-electron chi connectivity index (χ0n) is 14.0. The van der Waals surface area contributed by atoms with E-state index in [1.807, 2.05) is 28.5 Å². The summed E-state index contributed by atoms with van der Waals surface area (Å²) in [5.74, 6) is 0.204. The summed E-state index contributed by atoms with van der Waals surface area (Å²) in [6.45, 7) is 3.79. The lowest BCUT2D eigenvalue weighted by Crippen LogP contribution is -2.51. The Morgan fingerprint density at radius 1 is 0.958 bits per heavy atom. The minimum absolute atomic E-state index is 0.204.